The molecule has 1 aromatic carbocycles. The predicted octanol–water partition coefficient (Wildman–Crippen LogP) is 2.90. The number of nitrogens with zero attached hydrogens (tertiary/aromatic N) is 1. The zero-order valence-corrected chi connectivity index (χ0v) is 13.9. The van der Waals surface area contributed by atoms with Gasteiger partial charge in [0.15, 0.2) is 5.03 Å². The number of hydrogen-bond acceptors (Lipinski definition) is 3. The van der Waals surface area contributed by atoms with Gasteiger partial charge in [-0.25, -0.2) is 22.5 Å². The first-order valence-electron chi connectivity index (χ1n) is 7.68. The van der Waals surface area contributed by atoms with Crippen molar-refractivity contribution in [2.45, 2.75) is 49.6 Å². The van der Waals surface area contributed by atoms with Gasteiger partial charge in [0.1, 0.15) is 11.6 Å². The van der Waals surface area contributed by atoms with Crippen LogP contribution in [0.4, 0.5) is 4.39 Å². The van der Waals surface area contributed by atoms with Crippen LogP contribution in [0, 0.1) is 5.82 Å². The van der Waals surface area contributed by atoms with Gasteiger partial charge in [0.25, 0.3) is 10.0 Å². The lowest BCUT2D eigenvalue weighted by Crippen LogP contribution is -2.43. The van der Waals surface area contributed by atoms with Gasteiger partial charge in [0.2, 0.25) is 0 Å². The van der Waals surface area contributed by atoms with E-state index in [0.29, 0.717) is 24.2 Å². The van der Waals surface area contributed by atoms with Crippen LogP contribution in [-0.2, 0) is 10.0 Å². The van der Waals surface area contributed by atoms with Gasteiger partial charge < -0.3 is 4.98 Å². The van der Waals surface area contributed by atoms with Crippen molar-refractivity contribution in [2.75, 3.05) is 0 Å². The van der Waals surface area contributed by atoms with Gasteiger partial charge in [0, 0.05) is 12.0 Å². The van der Waals surface area contributed by atoms with Crippen LogP contribution in [0.15, 0.2) is 35.5 Å². The Morgan fingerprint density at radius 1 is 1.30 bits per heavy atom. The average molecular weight is 337 g/mol. The molecule has 0 radical (unpaired) electrons. The fourth-order valence-corrected chi connectivity index (χ4v) is 3.99. The summed E-state index contributed by atoms with van der Waals surface area (Å²) in [4.78, 5) is 6.92. The van der Waals surface area contributed by atoms with Crippen molar-refractivity contribution in [1.29, 1.82) is 0 Å². The Bertz CT molecular complexity index is 795. The molecule has 23 heavy (non-hydrogen) atoms. The minimum absolute atomic E-state index is 0.0666. The molecule has 1 fully saturated rings. The Hall–Kier alpha value is -1.73. The molecule has 124 valence electrons. The molecule has 1 aromatic heterocycles. The third kappa shape index (κ3) is 3.30. The maximum Gasteiger partial charge on any atom is 0.257 e. The van der Waals surface area contributed by atoms with E-state index in [1.807, 2.05) is 13.8 Å². The molecule has 0 spiro atoms. The quantitative estimate of drug-likeness (QED) is 0.881. The highest BCUT2D eigenvalue weighted by Gasteiger charge is 2.35. The number of H-pyrrole nitrogens is 1. The molecule has 1 aliphatic rings. The molecule has 2 aromatic rings. The summed E-state index contributed by atoms with van der Waals surface area (Å²) in [6.45, 7) is 3.88. The van der Waals surface area contributed by atoms with Crippen LogP contribution in [0.3, 0.4) is 0 Å². The first-order chi connectivity index (χ1) is 10.9. The van der Waals surface area contributed by atoms with Gasteiger partial charge in [0.05, 0.1) is 6.20 Å². The summed E-state index contributed by atoms with van der Waals surface area (Å²) in [6.07, 6.45) is 2.54. The van der Waals surface area contributed by atoms with E-state index in [4.69, 9.17) is 0 Å². The van der Waals surface area contributed by atoms with Gasteiger partial charge in [-0.3, -0.25) is 0 Å². The Balaban J connectivity index is 1.63. The van der Waals surface area contributed by atoms with E-state index in [1.54, 1.807) is 18.2 Å². The van der Waals surface area contributed by atoms with Crippen LogP contribution in [-0.4, -0.2) is 24.4 Å². The number of benzene rings is 1. The van der Waals surface area contributed by atoms with E-state index in [2.05, 4.69) is 14.7 Å². The zero-order chi connectivity index (χ0) is 16.6. The summed E-state index contributed by atoms with van der Waals surface area (Å²) in [6, 6.07) is 6.48. The highest BCUT2D eigenvalue weighted by molar-refractivity contribution is 7.89. The molecule has 2 N–H and O–H groups in total. The molecule has 0 aliphatic heterocycles. The Morgan fingerprint density at radius 3 is 2.61 bits per heavy atom. The third-order valence-electron chi connectivity index (χ3n) is 4.21. The van der Waals surface area contributed by atoms with Gasteiger partial charge in [-0.2, -0.15) is 0 Å². The number of sulfonamides is 1. The van der Waals surface area contributed by atoms with Crippen LogP contribution in [0.5, 0.6) is 0 Å². The topological polar surface area (TPSA) is 74.8 Å². The van der Waals surface area contributed by atoms with Gasteiger partial charge >= 0.3 is 0 Å². The van der Waals surface area contributed by atoms with Crippen LogP contribution in [0.25, 0.3) is 0 Å². The second-order valence-electron chi connectivity index (χ2n) is 6.30. The molecular weight excluding hydrogens is 317 g/mol. The summed E-state index contributed by atoms with van der Waals surface area (Å²) >= 11 is 0. The van der Waals surface area contributed by atoms with E-state index in [-0.39, 0.29) is 28.7 Å². The number of hydrogen-bond donors (Lipinski definition) is 2. The van der Waals surface area contributed by atoms with Gasteiger partial charge in [-0.05, 0) is 30.4 Å². The number of aromatic amines is 1. The largest absolute Gasteiger partial charge is 0.332 e. The number of halogens is 1. The monoisotopic (exact) mass is 337 g/mol. The minimum Gasteiger partial charge on any atom is -0.332 e. The number of aromatic nitrogens is 2. The van der Waals surface area contributed by atoms with Crippen molar-refractivity contribution < 1.29 is 12.8 Å². The zero-order valence-electron chi connectivity index (χ0n) is 13.1. The molecule has 0 saturated heterocycles. The predicted molar refractivity (Wildman–Crippen MR) is 85.2 cm³/mol. The molecule has 3 rings (SSSR count). The van der Waals surface area contributed by atoms with E-state index in [0.717, 1.165) is 0 Å². The van der Waals surface area contributed by atoms with Gasteiger partial charge in [-0.1, -0.05) is 32.0 Å². The maximum absolute atomic E-state index is 13.7. The van der Waals surface area contributed by atoms with Crippen LogP contribution >= 0.6 is 0 Å². The summed E-state index contributed by atoms with van der Waals surface area (Å²) in [5.41, 5.74) is 0.659. The Kier molecular flexibility index (Phi) is 4.25. The van der Waals surface area contributed by atoms with Crippen LogP contribution in [0.1, 0.15) is 49.9 Å². The van der Waals surface area contributed by atoms with Gasteiger partial charge in [-0.15, -0.1) is 0 Å². The van der Waals surface area contributed by atoms with Crippen molar-refractivity contribution in [2.24, 2.45) is 0 Å². The minimum atomic E-state index is -3.61. The summed E-state index contributed by atoms with van der Waals surface area (Å²) in [5, 5.41) is 0.0792. The second-order valence-corrected chi connectivity index (χ2v) is 7.98. The molecule has 0 amide bonds. The fourth-order valence-electron chi connectivity index (χ4n) is 2.81. The Morgan fingerprint density at radius 2 is 2.00 bits per heavy atom. The van der Waals surface area contributed by atoms with Crippen LogP contribution < -0.4 is 4.72 Å². The number of rotatable bonds is 5. The standard InChI is InChI=1S/C16H20FN3O2S/c1-10(2)16-18-9-15(19-16)23(21,22)20-12-7-11(8-12)13-5-3-4-6-14(13)17/h3-6,9-12,20H,7-8H2,1-2H3,(H,18,19). The normalized spacial score (nSPS) is 21.4. The molecule has 1 saturated carbocycles. The Labute approximate surface area is 135 Å². The van der Waals surface area contributed by atoms with Crippen molar-refractivity contribution >= 4 is 10.0 Å². The smallest absolute Gasteiger partial charge is 0.257 e. The second kappa shape index (κ2) is 6.05. The van der Waals surface area contributed by atoms with E-state index in [1.165, 1.54) is 12.3 Å². The molecule has 0 unspecified atom stereocenters. The molecule has 7 heteroatoms. The maximum atomic E-state index is 13.7. The number of nitrogens with one attached hydrogen (secondary N) is 2. The molecule has 1 heterocycles. The molecule has 0 bridgehead atoms. The lowest BCUT2D eigenvalue weighted by Gasteiger charge is -2.35. The molecule has 1 aliphatic carbocycles. The summed E-state index contributed by atoms with van der Waals surface area (Å²) < 4.78 is 41.0. The van der Waals surface area contributed by atoms with Crippen LogP contribution in [0.2, 0.25) is 0 Å². The molecule has 5 nitrogen and oxygen atoms in total. The lowest BCUT2D eigenvalue weighted by atomic mass is 9.76. The SMILES string of the molecule is CC(C)c1ncc(S(=O)(=O)NC2CC(c3ccccc3F)C2)[nH]1. The first-order valence-corrected chi connectivity index (χ1v) is 9.17. The van der Waals surface area contributed by atoms with E-state index < -0.39 is 10.0 Å². The molecular formula is C16H20FN3O2S. The van der Waals surface area contributed by atoms with Crippen molar-refractivity contribution in [1.82, 2.24) is 14.7 Å². The highest BCUT2D eigenvalue weighted by Crippen LogP contribution is 2.38. The summed E-state index contributed by atoms with van der Waals surface area (Å²) in [5.74, 6) is 0.613. The fraction of sp³-hybridized carbons (Fsp3) is 0.438. The number of imidazole rings is 1. The lowest BCUT2D eigenvalue weighted by molar-refractivity contribution is 0.318. The highest BCUT2D eigenvalue weighted by atomic mass is 32.2. The third-order valence-corrected chi connectivity index (χ3v) is 5.64. The van der Waals surface area contributed by atoms with E-state index >= 15 is 0 Å². The average Bonchev–Trinajstić information content (AvgIpc) is 2.94. The first kappa shape index (κ1) is 16.1. The van der Waals surface area contributed by atoms with Crippen molar-refractivity contribution in [3.05, 3.63) is 47.7 Å². The van der Waals surface area contributed by atoms with E-state index in [9.17, 15) is 12.8 Å². The van der Waals surface area contributed by atoms with Crippen molar-refractivity contribution in [3.63, 3.8) is 0 Å². The molecule has 0 atom stereocenters. The van der Waals surface area contributed by atoms with Crippen molar-refractivity contribution in [3.8, 4) is 0 Å². The summed E-state index contributed by atoms with van der Waals surface area (Å²) in [7, 11) is -3.61.